The van der Waals surface area contributed by atoms with Gasteiger partial charge in [-0.25, -0.2) is 0 Å². The van der Waals surface area contributed by atoms with Crippen molar-refractivity contribution in [3.8, 4) is 0 Å². The Labute approximate surface area is 95.0 Å². The van der Waals surface area contributed by atoms with Crippen LogP contribution in [0.4, 0.5) is 0 Å². The largest absolute Gasteiger partial charge is 0.383 e. The van der Waals surface area contributed by atoms with Gasteiger partial charge in [-0.15, -0.1) is 0 Å². The molecule has 1 unspecified atom stereocenters. The van der Waals surface area contributed by atoms with E-state index in [4.69, 9.17) is 11.6 Å². The third kappa shape index (κ3) is 1.49. The summed E-state index contributed by atoms with van der Waals surface area (Å²) in [5.74, 6) is 0. The van der Waals surface area contributed by atoms with E-state index in [1.165, 1.54) is 0 Å². The van der Waals surface area contributed by atoms with Crippen molar-refractivity contribution < 1.29 is 5.11 Å². The zero-order valence-corrected chi connectivity index (χ0v) is 10.2. The first kappa shape index (κ1) is 11.0. The molecular weight excluding hydrogens is 212 g/mol. The first-order valence-corrected chi connectivity index (χ1v) is 5.74. The number of hydrogen-bond donors (Lipinski definition) is 1. The van der Waals surface area contributed by atoms with Gasteiger partial charge >= 0.3 is 0 Å². The summed E-state index contributed by atoms with van der Waals surface area (Å²) in [4.78, 5) is 0. The van der Waals surface area contributed by atoms with Crippen molar-refractivity contribution in [1.29, 1.82) is 0 Å². The highest BCUT2D eigenvalue weighted by Crippen LogP contribution is 2.58. The molecule has 84 valence electrons. The Kier molecular flexibility index (Phi) is 2.36. The normalized spacial score (nSPS) is 22.5. The van der Waals surface area contributed by atoms with Crippen LogP contribution in [0.25, 0.3) is 0 Å². The molecule has 1 N–H and O–H groups in total. The maximum atomic E-state index is 10.6. The monoisotopic (exact) mass is 228 g/mol. The summed E-state index contributed by atoms with van der Waals surface area (Å²) in [6.07, 6.45) is 3.71. The average molecular weight is 229 g/mol. The van der Waals surface area contributed by atoms with Crippen LogP contribution in [0.2, 0.25) is 5.02 Å². The van der Waals surface area contributed by atoms with Crippen LogP contribution < -0.4 is 0 Å². The highest BCUT2D eigenvalue weighted by Gasteiger charge is 2.55. The van der Waals surface area contributed by atoms with Crippen LogP contribution >= 0.6 is 11.6 Å². The second-order valence-electron chi connectivity index (χ2n) is 4.79. The molecule has 1 saturated carbocycles. The lowest BCUT2D eigenvalue weighted by Gasteiger charge is -2.31. The van der Waals surface area contributed by atoms with Crippen molar-refractivity contribution >= 4 is 11.6 Å². The van der Waals surface area contributed by atoms with Crippen molar-refractivity contribution in [2.24, 2.45) is 5.41 Å². The predicted molar refractivity (Wildman–Crippen MR) is 59.8 cm³/mol. The van der Waals surface area contributed by atoms with E-state index in [9.17, 15) is 5.11 Å². The number of halogens is 1. The Hall–Kier alpha value is -0.540. The summed E-state index contributed by atoms with van der Waals surface area (Å²) in [5.41, 5.74) is -0.160. The lowest BCUT2D eigenvalue weighted by Crippen LogP contribution is -2.34. The van der Waals surface area contributed by atoms with Crippen LogP contribution in [0.15, 0.2) is 6.20 Å². The average Bonchev–Trinajstić information content (AvgIpc) is 2.80. The van der Waals surface area contributed by atoms with E-state index in [-0.39, 0.29) is 5.41 Å². The maximum absolute atomic E-state index is 10.6. The zero-order chi connectivity index (χ0) is 11.3. The minimum Gasteiger partial charge on any atom is -0.383 e. The lowest BCUT2D eigenvalue weighted by molar-refractivity contribution is -0.0205. The van der Waals surface area contributed by atoms with E-state index in [0.717, 1.165) is 25.1 Å². The van der Waals surface area contributed by atoms with Crippen molar-refractivity contribution in [3.63, 3.8) is 0 Å². The maximum Gasteiger partial charge on any atom is 0.110 e. The molecular formula is C11H17ClN2O. The van der Waals surface area contributed by atoms with Crippen LogP contribution in [-0.4, -0.2) is 14.9 Å². The fourth-order valence-electron chi connectivity index (χ4n) is 2.05. The van der Waals surface area contributed by atoms with E-state index < -0.39 is 5.60 Å². The summed E-state index contributed by atoms with van der Waals surface area (Å²) in [6.45, 7) is 6.66. The Morgan fingerprint density at radius 3 is 2.73 bits per heavy atom. The fraction of sp³-hybridized carbons (Fsp3) is 0.727. The number of hydrogen-bond acceptors (Lipinski definition) is 2. The summed E-state index contributed by atoms with van der Waals surface area (Å²) >= 11 is 6.10. The molecule has 1 heterocycles. The Morgan fingerprint density at radius 1 is 1.67 bits per heavy atom. The van der Waals surface area contributed by atoms with Crippen LogP contribution in [-0.2, 0) is 12.1 Å². The molecule has 1 aliphatic rings. The molecule has 15 heavy (non-hydrogen) atoms. The van der Waals surface area contributed by atoms with Gasteiger partial charge in [0.2, 0.25) is 0 Å². The van der Waals surface area contributed by atoms with Crippen LogP contribution in [0.1, 0.15) is 39.3 Å². The molecule has 1 aromatic rings. The molecule has 0 aromatic carbocycles. The van der Waals surface area contributed by atoms with Crippen LogP contribution in [0.5, 0.6) is 0 Å². The van der Waals surface area contributed by atoms with Crippen molar-refractivity contribution in [2.75, 3.05) is 0 Å². The third-order valence-corrected chi connectivity index (χ3v) is 4.01. The van der Waals surface area contributed by atoms with Crippen molar-refractivity contribution in [1.82, 2.24) is 9.78 Å². The summed E-state index contributed by atoms with van der Waals surface area (Å²) in [6, 6.07) is 0. The molecule has 0 aliphatic heterocycles. The molecule has 1 fully saturated rings. The van der Waals surface area contributed by atoms with Gasteiger partial charge in [0.1, 0.15) is 5.60 Å². The topological polar surface area (TPSA) is 38.0 Å². The van der Waals surface area contributed by atoms with Gasteiger partial charge in [0.05, 0.1) is 16.9 Å². The Morgan fingerprint density at radius 2 is 2.27 bits per heavy atom. The molecule has 0 spiro atoms. The quantitative estimate of drug-likeness (QED) is 0.864. The number of rotatable bonds is 3. The number of aryl methyl sites for hydroxylation is 1. The second-order valence-corrected chi connectivity index (χ2v) is 5.20. The molecule has 0 amide bonds. The zero-order valence-electron chi connectivity index (χ0n) is 9.42. The van der Waals surface area contributed by atoms with Crippen LogP contribution in [0.3, 0.4) is 0 Å². The van der Waals surface area contributed by atoms with Crippen LogP contribution in [0, 0.1) is 5.41 Å². The Bertz CT molecular complexity index is 380. The Balaban J connectivity index is 2.47. The smallest absolute Gasteiger partial charge is 0.110 e. The highest BCUT2D eigenvalue weighted by molar-refractivity contribution is 6.31. The predicted octanol–water partition coefficient (Wildman–Crippen LogP) is 2.56. The molecule has 1 aliphatic carbocycles. The first-order chi connectivity index (χ1) is 6.92. The van der Waals surface area contributed by atoms with Gasteiger partial charge in [-0.2, -0.15) is 5.10 Å². The number of aliphatic hydroxyl groups is 1. The minimum atomic E-state index is -0.878. The molecule has 2 rings (SSSR count). The molecule has 0 radical (unpaired) electrons. The molecule has 4 heteroatoms. The molecule has 3 nitrogen and oxygen atoms in total. The van der Waals surface area contributed by atoms with Gasteiger partial charge in [-0.1, -0.05) is 18.5 Å². The summed E-state index contributed by atoms with van der Waals surface area (Å²) < 4.78 is 1.78. The standard InChI is InChI=1S/C11H17ClN2O/c1-4-14-9(8(12)7-13-14)11(3,15)10(2)5-6-10/h7,15H,4-6H2,1-3H3. The van der Waals surface area contributed by atoms with E-state index in [1.54, 1.807) is 10.9 Å². The minimum absolute atomic E-state index is 0.0381. The van der Waals surface area contributed by atoms with E-state index >= 15 is 0 Å². The molecule has 1 aromatic heterocycles. The SMILES string of the molecule is CCn1ncc(Cl)c1C(C)(O)C1(C)CC1. The van der Waals surface area contributed by atoms with Gasteiger partial charge in [-0.05, 0) is 26.7 Å². The summed E-state index contributed by atoms with van der Waals surface area (Å²) in [7, 11) is 0. The van der Waals surface area contributed by atoms with Gasteiger partial charge in [0.25, 0.3) is 0 Å². The van der Waals surface area contributed by atoms with E-state index in [1.807, 2.05) is 13.8 Å². The molecule has 0 saturated heterocycles. The number of nitrogens with zero attached hydrogens (tertiary/aromatic N) is 2. The molecule has 1 atom stereocenters. The van der Waals surface area contributed by atoms with Gasteiger partial charge in [0, 0.05) is 12.0 Å². The van der Waals surface area contributed by atoms with Crippen molar-refractivity contribution in [3.05, 3.63) is 16.9 Å². The highest BCUT2D eigenvalue weighted by atomic mass is 35.5. The number of aromatic nitrogens is 2. The fourth-order valence-corrected chi connectivity index (χ4v) is 2.37. The summed E-state index contributed by atoms with van der Waals surface area (Å²) in [5, 5.41) is 15.4. The van der Waals surface area contributed by atoms with Gasteiger partial charge < -0.3 is 5.11 Å². The first-order valence-electron chi connectivity index (χ1n) is 5.36. The molecule has 0 bridgehead atoms. The van der Waals surface area contributed by atoms with Crippen molar-refractivity contribution in [2.45, 2.75) is 45.8 Å². The van der Waals surface area contributed by atoms with Gasteiger partial charge in [-0.3, -0.25) is 4.68 Å². The van der Waals surface area contributed by atoms with E-state index in [2.05, 4.69) is 12.0 Å². The third-order valence-electron chi connectivity index (χ3n) is 3.73. The van der Waals surface area contributed by atoms with Gasteiger partial charge in [0.15, 0.2) is 0 Å². The lowest BCUT2D eigenvalue weighted by atomic mass is 9.84. The second kappa shape index (κ2) is 3.22. The van der Waals surface area contributed by atoms with E-state index in [0.29, 0.717) is 5.02 Å².